The van der Waals surface area contributed by atoms with E-state index in [1.807, 2.05) is 6.92 Å². The van der Waals surface area contributed by atoms with Gasteiger partial charge in [0.05, 0.1) is 17.7 Å². The molecule has 0 heterocycles. The van der Waals surface area contributed by atoms with Crippen LogP contribution in [0.2, 0.25) is 0 Å². The van der Waals surface area contributed by atoms with E-state index in [0.29, 0.717) is 22.2 Å². The van der Waals surface area contributed by atoms with E-state index in [2.05, 4.69) is 15.4 Å². The lowest BCUT2D eigenvalue weighted by Crippen LogP contribution is -2.29. The van der Waals surface area contributed by atoms with E-state index in [0.717, 1.165) is 13.0 Å². The highest BCUT2D eigenvalue weighted by Crippen LogP contribution is 2.26. The van der Waals surface area contributed by atoms with E-state index < -0.39 is 10.0 Å². The molecule has 3 N–H and O–H groups in total. The molecule has 0 bridgehead atoms. The first-order chi connectivity index (χ1) is 12.0. The molecule has 0 saturated carbocycles. The number of methoxy groups -OCH3 is 1. The second-order valence-corrected chi connectivity index (χ2v) is 7.31. The van der Waals surface area contributed by atoms with Crippen LogP contribution in [0.3, 0.4) is 0 Å². The summed E-state index contributed by atoms with van der Waals surface area (Å²) >= 11 is 5.17. The van der Waals surface area contributed by atoms with Crippen LogP contribution in [0, 0.1) is 0 Å². The van der Waals surface area contributed by atoms with Gasteiger partial charge in [0, 0.05) is 12.2 Å². The van der Waals surface area contributed by atoms with Gasteiger partial charge in [-0.05, 0) is 49.0 Å². The van der Waals surface area contributed by atoms with Gasteiger partial charge >= 0.3 is 0 Å². The van der Waals surface area contributed by atoms with Crippen molar-refractivity contribution in [3.05, 3.63) is 48.5 Å². The van der Waals surface area contributed by atoms with Gasteiger partial charge in [0.1, 0.15) is 5.75 Å². The molecule has 0 spiro atoms. The predicted molar refractivity (Wildman–Crippen MR) is 105 cm³/mol. The van der Waals surface area contributed by atoms with Crippen LogP contribution >= 0.6 is 12.2 Å². The van der Waals surface area contributed by atoms with Gasteiger partial charge in [-0.1, -0.05) is 25.1 Å². The quantitative estimate of drug-likeness (QED) is 0.641. The summed E-state index contributed by atoms with van der Waals surface area (Å²) in [6.07, 6.45) is 0.944. The minimum Gasteiger partial charge on any atom is -0.495 e. The monoisotopic (exact) mass is 379 g/mol. The van der Waals surface area contributed by atoms with Gasteiger partial charge in [-0.3, -0.25) is 4.72 Å². The molecule has 0 aliphatic heterocycles. The number of benzene rings is 2. The molecule has 2 rings (SSSR count). The number of hydrogen-bond donors (Lipinski definition) is 3. The van der Waals surface area contributed by atoms with Gasteiger partial charge in [0.2, 0.25) is 0 Å². The topological polar surface area (TPSA) is 79.5 Å². The zero-order valence-electron chi connectivity index (χ0n) is 14.1. The summed E-state index contributed by atoms with van der Waals surface area (Å²) in [5.74, 6) is 0.449. The Hall–Kier alpha value is -2.32. The summed E-state index contributed by atoms with van der Waals surface area (Å²) in [6.45, 7) is 2.78. The third kappa shape index (κ3) is 5.33. The maximum Gasteiger partial charge on any atom is 0.262 e. The smallest absolute Gasteiger partial charge is 0.262 e. The molecular formula is C17H21N3O3S2. The Morgan fingerprint density at radius 2 is 1.92 bits per heavy atom. The lowest BCUT2D eigenvalue weighted by Gasteiger charge is -2.13. The first kappa shape index (κ1) is 19.0. The minimum absolute atomic E-state index is 0.127. The normalized spacial score (nSPS) is 10.8. The summed E-state index contributed by atoms with van der Waals surface area (Å²) in [7, 11) is -2.27. The van der Waals surface area contributed by atoms with E-state index in [1.165, 1.54) is 19.2 Å². The van der Waals surface area contributed by atoms with Crippen molar-refractivity contribution in [1.29, 1.82) is 0 Å². The van der Waals surface area contributed by atoms with Crippen LogP contribution in [0.5, 0.6) is 5.75 Å². The highest BCUT2D eigenvalue weighted by Gasteiger charge is 2.17. The van der Waals surface area contributed by atoms with Crippen molar-refractivity contribution < 1.29 is 13.2 Å². The molecule has 0 fully saturated rings. The van der Waals surface area contributed by atoms with E-state index in [-0.39, 0.29) is 4.90 Å². The third-order valence-electron chi connectivity index (χ3n) is 3.29. The fourth-order valence-corrected chi connectivity index (χ4v) is 3.42. The molecule has 0 aliphatic rings. The van der Waals surface area contributed by atoms with Crippen LogP contribution in [0.1, 0.15) is 13.3 Å². The zero-order valence-corrected chi connectivity index (χ0v) is 15.7. The molecule has 8 heteroatoms. The maximum absolute atomic E-state index is 12.6. The average Bonchev–Trinajstić information content (AvgIpc) is 2.60. The molecular weight excluding hydrogens is 358 g/mol. The highest BCUT2D eigenvalue weighted by atomic mass is 32.2. The first-order valence-electron chi connectivity index (χ1n) is 7.77. The van der Waals surface area contributed by atoms with Crippen LogP contribution in [0.4, 0.5) is 11.4 Å². The number of anilines is 2. The Balaban J connectivity index is 2.19. The van der Waals surface area contributed by atoms with Crippen LogP contribution in [0.15, 0.2) is 53.4 Å². The number of nitrogens with one attached hydrogen (secondary N) is 3. The Kier molecular flexibility index (Phi) is 6.60. The Morgan fingerprint density at radius 1 is 1.16 bits per heavy atom. The fraction of sp³-hybridized carbons (Fsp3) is 0.235. The number of para-hydroxylation sites is 2. The van der Waals surface area contributed by atoms with Crippen LogP contribution in [0.25, 0.3) is 0 Å². The molecule has 0 aliphatic carbocycles. The molecule has 0 radical (unpaired) electrons. The molecule has 2 aromatic rings. The molecule has 0 saturated heterocycles. The largest absolute Gasteiger partial charge is 0.495 e. The van der Waals surface area contributed by atoms with E-state index in [1.54, 1.807) is 36.4 Å². The molecule has 0 unspecified atom stereocenters. The molecule has 0 atom stereocenters. The Bertz CT molecular complexity index is 839. The molecule has 2 aromatic carbocycles. The molecule has 0 aromatic heterocycles. The van der Waals surface area contributed by atoms with Crippen molar-refractivity contribution in [1.82, 2.24) is 5.32 Å². The second kappa shape index (κ2) is 8.68. The lowest BCUT2D eigenvalue weighted by molar-refractivity contribution is 0.417. The first-order valence-corrected chi connectivity index (χ1v) is 9.66. The summed E-state index contributed by atoms with van der Waals surface area (Å²) < 4.78 is 33.0. The Morgan fingerprint density at radius 3 is 2.64 bits per heavy atom. The number of thiocarbonyl (C=S) groups is 1. The van der Waals surface area contributed by atoms with E-state index in [9.17, 15) is 8.42 Å². The number of sulfonamides is 1. The van der Waals surface area contributed by atoms with Crippen molar-refractivity contribution in [3.8, 4) is 5.75 Å². The van der Waals surface area contributed by atoms with Gasteiger partial charge in [0.15, 0.2) is 5.11 Å². The highest BCUT2D eigenvalue weighted by molar-refractivity contribution is 7.92. The molecule has 25 heavy (non-hydrogen) atoms. The summed E-state index contributed by atoms with van der Waals surface area (Å²) in [4.78, 5) is 0.127. The van der Waals surface area contributed by atoms with Gasteiger partial charge in [-0.15, -0.1) is 0 Å². The molecule has 134 valence electrons. The summed E-state index contributed by atoms with van der Waals surface area (Å²) in [5.41, 5.74) is 0.972. The average molecular weight is 380 g/mol. The summed E-state index contributed by atoms with van der Waals surface area (Å²) in [6, 6.07) is 13.3. The van der Waals surface area contributed by atoms with Gasteiger partial charge < -0.3 is 15.4 Å². The zero-order chi connectivity index (χ0) is 18.3. The van der Waals surface area contributed by atoms with Crippen LogP contribution in [-0.4, -0.2) is 27.2 Å². The van der Waals surface area contributed by atoms with Crippen molar-refractivity contribution in [2.75, 3.05) is 23.7 Å². The fourth-order valence-electron chi connectivity index (χ4n) is 2.09. The van der Waals surface area contributed by atoms with Crippen LogP contribution in [-0.2, 0) is 10.0 Å². The maximum atomic E-state index is 12.6. The van der Waals surface area contributed by atoms with Crippen molar-refractivity contribution in [2.45, 2.75) is 18.2 Å². The van der Waals surface area contributed by atoms with Crippen LogP contribution < -0.4 is 20.1 Å². The Labute approximate surface area is 153 Å². The van der Waals surface area contributed by atoms with Crippen molar-refractivity contribution >= 4 is 38.7 Å². The lowest BCUT2D eigenvalue weighted by atomic mass is 10.3. The van der Waals surface area contributed by atoms with Gasteiger partial charge in [-0.25, -0.2) is 8.42 Å². The third-order valence-corrected chi connectivity index (χ3v) is 4.90. The van der Waals surface area contributed by atoms with E-state index >= 15 is 0 Å². The number of rotatable bonds is 7. The summed E-state index contributed by atoms with van der Waals surface area (Å²) in [5, 5.41) is 6.46. The second-order valence-electron chi connectivity index (χ2n) is 5.21. The molecule has 6 nitrogen and oxygen atoms in total. The SMILES string of the molecule is CCCNC(=S)Nc1cccc(S(=O)(=O)Nc2ccccc2OC)c1. The standard InChI is InChI=1S/C17H21N3O3S2/c1-3-11-18-17(24)19-13-7-6-8-14(12-13)25(21,22)20-15-9-4-5-10-16(15)23-2/h4-10,12,20H,3,11H2,1-2H3,(H2,18,19,24). The van der Waals surface area contributed by atoms with Gasteiger partial charge in [-0.2, -0.15) is 0 Å². The van der Waals surface area contributed by atoms with Crippen molar-refractivity contribution in [2.24, 2.45) is 0 Å². The van der Waals surface area contributed by atoms with Crippen molar-refractivity contribution in [3.63, 3.8) is 0 Å². The van der Waals surface area contributed by atoms with Gasteiger partial charge in [0.25, 0.3) is 10.0 Å². The van der Waals surface area contributed by atoms with E-state index in [4.69, 9.17) is 17.0 Å². The number of hydrogen-bond acceptors (Lipinski definition) is 4. The molecule has 0 amide bonds. The number of ether oxygens (including phenoxy) is 1. The minimum atomic E-state index is -3.75. The predicted octanol–water partition coefficient (Wildman–Crippen LogP) is 3.19.